The Morgan fingerprint density at radius 2 is 2.05 bits per heavy atom. The molecule has 0 saturated heterocycles. The van der Waals surface area contributed by atoms with Gasteiger partial charge in [0.1, 0.15) is 11.5 Å². The molecule has 1 heterocycles. The molecule has 0 aliphatic rings. The largest absolute Gasteiger partial charge is 0.466 e. The van der Waals surface area contributed by atoms with Gasteiger partial charge in [0.2, 0.25) is 0 Å². The quantitative estimate of drug-likeness (QED) is 0.766. The fraction of sp³-hybridized carbons (Fsp3) is 0.353. The van der Waals surface area contributed by atoms with Crippen molar-refractivity contribution >= 4 is 11.6 Å². The van der Waals surface area contributed by atoms with Crippen LogP contribution < -0.4 is 10.6 Å². The van der Waals surface area contributed by atoms with Crippen LogP contribution in [-0.4, -0.2) is 24.2 Å². The van der Waals surface area contributed by atoms with E-state index in [-0.39, 0.29) is 19.1 Å². The Balaban J connectivity index is 2.11. The van der Waals surface area contributed by atoms with Crippen molar-refractivity contribution in [2.24, 2.45) is 0 Å². The number of nitrogens with one attached hydrogen (secondary N) is 2. The van der Waals surface area contributed by atoms with Gasteiger partial charge in [-0.25, -0.2) is 0 Å². The lowest BCUT2D eigenvalue weighted by atomic mass is 10.1. The molecule has 0 atom stereocenters. The Morgan fingerprint density at radius 3 is 2.68 bits per heavy atom. The van der Waals surface area contributed by atoms with Crippen LogP contribution in [0.15, 0.2) is 28.7 Å². The lowest BCUT2D eigenvalue weighted by molar-refractivity contribution is 0.0944. The predicted molar refractivity (Wildman–Crippen MR) is 86.1 cm³/mol. The van der Waals surface area contributed by atoms with Crippen molar-refractivity contribution in [2.75, 3.05) is 18.5 Å². The maximum Gasteiger partial charge on any atom is 0.251 e. The van der Waals surface area contributed by atoms with Crippen LogP contribution in [0.2, 0.25) is 0 Å². The summed E-state index contributed by atoms with van der Waals surface area (Å²) < 4.78 is 5.51. The highest BCUT2D eigenvalue weighted by molar-refractivity contribution is 5.97. The number of hydrogen-bond acceptors (Lipinski definition) is 4. The molecule has 0 unspecified atom stereocenters. The van der Waals surface area contributed by atoms with Crippen LogP contribution in [0.5, 0.6) is 0 Å². The Hall–Kier alpha value is -2.27. The predicted octanol–water partition coefficient (Wildman–Crippen LogP) is 2.54. The summed E-state index contributed by atoms with van der Waals surface area (Å²) in [5.74, 6) is 1.62. The van der Waals surface area contributed by atoms with E-state index in [1.807, 2.05) is 39.0 Å². The second-order valence-electron chi connectivity index (χ2n) is 5.25. The third kappa shape index (κ3) is 3.68. The summed E-state index contributed by atoms with van der Waals surface area (Å²) in [6.07, 6.45) is 0. The number of carbonyl (C=O) groups excluding carboxylic acids is 1. The minimum Gasteiger partial charge on any atom is -0.466 e. The monoisotopic (exact) mass is 302 g/mol. The first-order valence-corrected chi connectivity index (χ1v) is 7.31. The summed E-state index contributed by atoms with van der Waals surface area (Å²) in [6, 6.07) is 7.58. The van der Waals surface area contributed by atoms with E-state index in [1.54, 1.807) is 6.07 Å². The standard InChI is InChI=1S/C17H22N2O3/c1-11-9-14(13(3)22-11)10-19-16-6-4-5-15(12(16)2)17(21)18-7-8-20/h4-6,9,19-20H,7-8,10H2,1-3H3,(H,18,21). The molecule has 0 fully saturated rings. The molecule has 22 heavy (non-hydrogen) atoms. The Kier molecular flexibility index (Phi) is 5.22. The van der Waals surface area contributed by atoms with Gasteiger partial charge in [-0.05, 0) is 44.5 Å². The van der Waals surface area contributed by atoms with Gasteiger partial charge >= 0.3 is 0 Å². The third-order valence-corrected chi connectivity index (χ3v) is 3.59. The minimum atomic E-state index is -0.175. The molecule has 1 amide bonds. The van der Waals surface area contributed by atoms with E-state index in [2.05, 4.69) is 10.6 Å². The molecule has 118 valence electrons. The molecule has 0 spiro atoms. The first kappa shape index (κ1) is 16.1. The second kappa shape index (κ2) is 7.13. The fourth-order valence-electron chi connectivity index (χ4n) is 2.39. The molecule has 0 saturated carbocycles. The molecule has 0 aliphatic carbocycles. The summed E-state index contributed by atoms with van der Waals surface area (Å²) in [5.41, 5.74) is 3.51. The first-order chi connectivity index (χ1) is 10.5. The zero-order valence-corrected chi connectivity index (χ0v) is 13.2. The molecule has 5 heteroatoms. The molecule has 1 aromatic carbocycles. The van der Waals surface area contributed by atoms with Crippen LogP contribution >= 0.6 is 0 Å². The van der Waals surface area contributed by atoms with Gasteiger partial charge in [0, 0.05) is 29.9 Å². The van der Waals surface area contributed by atoms with Gasteiger partial charge in [0.15, 0.2) is 0 Å². The van der Waals surface area contributed by atoms with Crippen molar-refractivity contribution in [3.63, 3.8) is 0 Å². The van der Waals surface area contributed by atoms with E-state index >= 15 is 0 Å². The average molecular weight is 302 g/mol. The normalized spacial score (nSPS) is 10.5. The number of amides is 1. The summed E-state index contributed by atoms with van der Waals surface area (Å²) in [6.45, 7) is 6.60. The molecule has 2 aromatic rings. The number of benzene rings is 1. The van der Waals surface area contributed by atoms with Crippen LogP contribution in [0.1, 0.15) is 33.0 Å². The number of carbonyl (C=O) groups is 1. The van der Waals surface area contributed by atoms with Crippen molar-refractivity contribution in [1.29, 1.82) is 0 Å². The summed E-state index contributed by atoms with van der Waals surface area (Å²) in [7, 11) is 0. The molecule has 2 rings (SSSR count). The van der Waals surface area contributed by atoms with Crippen molar-refractivity contribution in [1.82, 2.24) is 5.32 Å². The lowest BCUT2D eigenvalue weighted by Gasteiger charge is -2.13. The van der Waals surface area contributed by atoms with Crippen molar-refractivity contribution in [3.8, 4) is 0 Å². The van der Waals surface area contributed by atoms with Crippen molar-refractivity contribution in [3.05, 3.63) is 52.5 Å². The van der Waals surface area contributed by atoms with Crippen molar-refractivity contribution < 1.29 is 14.3 Å². The molecule has 0 bridgehead atoms. The lowest BCUT2D eigenvalue weighted by Crippen LogP contribution is -2.27. The number of hydrogen-bond donors (Lipinski definition) is 3. The number of aliphatic hydroxyl groups excluding tert-OH is 1. The third-order valence-electron chi connectivity index (χ3n) is 3.59. The van der Waals surface area contributed by atoms with Crippen LogP contribution in [0.25, 0.3) is 0 Å². The summed E-state index contributed by atoms with van der Waals surface area (Å²) in [4.78, 5) is 12.0. The minimum absolute atomic E-state index is 0.0676. The summed E-state index contributed by atoms with van der Waals surface area (Å²) >= 11 is 0. The van der Waals surface area contributed by atoms with Crippen molar-refractivity contribution in [2.45, 2.75) is 27.3 Å². The number of furan rings is 1. The topological polar surface area (TPSA) is 74.5 Å². The van der Waals surface area contributed by atoms with Gasteiger partial charge in [-0.3, -0.25) is 4.79 Å². The van der Waals surface area contributed by atoms with Crippen LogP contribution in [0, 0.1) is 20.8 Å². The molecular formula is C17H22N2O3. The fourth-order valence-corrected chi connectivity index (χ4v) is 2.39. The zero-order chi connectivity index (χ0) is 16.1. The van der Waals surface area contributed by atoms with E-state index in [0.717, 1.165) is 28.3 Å². The highest BCUT2D eigenvalue weighted by atomic mass is 16.3. The second-order valence-corrected chi connectivity index (χ2v) is 5.25. The molecule has 0 aliphatic heterocycles. The Labute approximate surface area is 130 Å². The van der Waals surface area contributed by atoms with Crippen LogP contribution in [0.4, 0.5) is 5.69 Å². The maximum atomic E-state index is 12.0. The Bertz CT molecular complexity index is 662. The van der Waals surface area contributed by atoms with Gasteiger partial charge in [0.25, 0.3) is 5.91 Å². The highest BCUT2D eigenvalue weighted by Gasteiger charge is 2.11. The number of aryl methyl sites for hydroxylation is 2. The van der Waals surface area contributed by atoms with Gasteiger partial charge in [-0.1, -0.05) is 6.07 Å². The molecule has 0 radical (unpaired) electrons. The molecular weight excluding hydrogens is 280 g/mol. The molecule has 3 N–H and O–H groups in total. The summed E-state index contributed by atoms with van der Waals surface area (Å²) in [5, 5.41) is 14.8. The van der Waals surface area contributed by atoms with Gasteiger partial charge in [0.05, 0.1) is 6.61 Å². The Morgan fingerprint density at radius 1 is 1.27 bits per heavy atom. The van der Waals surface area contributed by atoms with Gasteiger partial charge in [-0.2, -0.15) is 0 Å². The first-order valence-electron chi connectivity index (χ1n) is 7.31. The average Bonchev–Trinajstić information content (AvgIpc) is 2.81. The van der Waals surface area contributed by atoms with Gasteiger partial charge < -0.3 is 20.2 Å². The zero-order valence-electron chi connectivity index (χ0n) is 13.2. The number of aliphatic hydroxyl groups is 1. The van der Waals surface area contributed by atoms with E-state index in [1.165, 1.54) is 0 Å². The number of rotatable bonds is 6. The smallest absolute Gasteiger partial charge is 0.251 e. The number of anilines is 1. The van der Waals surface area contributed by atoms with Crippen LogP contribution in [0.3, 0.4) is 0 Å². The van der Waals surface area contributed by atoms with E-state index < -0.39 is 0 Å². The highest BCUT2D eigenvalue weighted by Crippen LogP contribution is 2.21. The SMILES string of the molecule is Cc1cc(CNc2cccc(C(=O)NCCO)c2C)c(C)o1. The molecule has 1 aromatic heterocycles. The van der Waals surface area contributed by atoms with Gasteiger partial charge in [-0.15, -0.1) is 0 Å². The van der Waals surface area contributed by atoms with E-state index in [9.17, 15) is 4.79 Å². The maximum absolute atomic E-state index is 12.0. The molecule has 5 nitrogen and oxygen atoms in total. The van der Waals surface area contributed by atoms with Crippen LogP contribution in [-0.2, 0) is 6.54 Å². The van der Waals surface area contributed by atoms with E-state index in [4.69, 9.17) is 9.52 Å². The van der Waals surface area contributed by atoms with E-state index in [0.29, 0.717) is 12.1 Å².